The molecule has 1 aliphatic rings. The lowest BCUT2D eigenvalue weighted by Gasteiger charge is -2.32. The molecule has 1 amide bonds. The fourth-order valence-corrected chi connectivity index (χ4v) is 4.71. The number of aromatic nitrogens is 3. The van der Waals surface area contributed by atoms with Gasteiger partial charge in [0.2, 0.25) is 0 Å². The van der Waals surface area contributed by atoms with E-state index >= 15 is 0 Å². The number of benzene rings is 1. The third-order valence-corrected chi connectivity index (χ3v) is 7.19. The van der Waals surface area contributed by atoms with Crippen molar-refractivity contribution in [3.05, 3.63) is 47.8 Å². The van der Waals surface area contributed by atoms with Gasteiger partial charge in [0.05, 0.1) is 28.7 Å². The lowest BCUT2D eigenvalue weighted by atomic mass is 9.87. The number of carbonyl (C=O) groups excluding carboxylic acids is 2. The van der Waals surface area contributed by atoms with Gasteiger partial charge in [0, 0.05) is 48.4 Å². The van der Waals surface area contributed by atoms with Crippen molar-refractivity contribution in [2.75, 3.05) is 13.1 Å². The Bertz CT molecular complexity index is 1320. The van der Waals surface area contributed by atoms with Crippen LogP contribution in [0.2, 0.25) is 0 Å². The van der Waals surface area contributed by atoms with E-state index in [4.69, 9.17) is 11.1 Å². The van der Waals surface area contributed by atoms with Gasteiger partial charge in [-0.1, -0.05) is 25.8 Å². The summed E-state index contributed by atoms with van der Waals surface area (Å²) in [6, 6.07) is 7.19. The quantitative estimate of drug-likeness (QED) is 0.164. The molecule has 1 fully saturated rings. The maximum absolute atomic E-state index is 14.5. The number of hydrogen-bond acceptors (Lipinski definition) is 7. The molecule has 2 aromatic heterocycles. The molecule has 0 bridgehead atoms. The second kappa shape index (κ2) is 14.8. The summed E-state index contributed by atoms with van der Waals surface area (Å²) in [6.45, 7) is 5.26. The van der Waals surface area contributed by atoms with E-state index in [0.29, 0.717) is 48.2 Å². The maximum atomic E-state index is 14.5. The second-order valence-electron chi connectivity index (χ2n) is 10.5. The minimum absolute atomic E-state index is 0.0734. The average molecular weight is 553 g/mol. The fraction of sp³-hybridized carbons (Fsp3) is 0.500. The number of nitrogens with zero attached hydrogens (tertiary/aromatic N) is 2. The number of H-pyrrole nitrogens is 1. The highest BCUT2D eigenvalue weighted by Crippen LogP contribution is 2.26. The summed E-state index contributed by atoms with van der Waals surface area (Å²) in [5, 5.41) is 21.2. The number of primary amides is 1. The number of carbonyl (C=O) groups is 2. The highest BCUT2D eigenvalue weighted by atomic mass is 19.1. The molecule has 1 aliphatic heterocycles. The Morgan fingerprint density at radius 2 is 1.88 bits per heavy atom. The van der Waals surface area contributed by atoms with Crippen LogP contribution in [0.5, 0.6) is 0 Å². The molecular formula is C30H41FN6O3. The van der Waals surface area contributed by atoms with Gasteiger partial charge < -0.3 is 21.1 Å². The molecule has 216 valence electrons. The van der Waals surface area contributed by atoms with Crippen LogP contribution in [0, 0.1) is 18.2 Å². The normalized spacial score (nSPS) is 14.4. The Morgan fingerprint density at radius 3 is 2.58 bits per heavy atom. The third kappa shape index (κ3) is 9.31. The first-order valence-corrected chi connectivity index (χ1v) is 14.0. The van der Waals surface area contributed by atoms with Gasteiger partial charge in [0.25, 0.3) is 5.91 Å². The average Bonchev–Trinajstić information content (AvgIpc) is 3.39. The number of unbranched alkanes of at least 4 members (excludes halogenated alkanes) is 3. The molecule has 1 aromatic carbocycles. The Kier molecular flexibility index (Phi) is 11.5. The van der Waals surface area contributed by atoms with Crippen LogP contribution < -0.4 is 11.1 Å². The molecule has 0 atom stereocenters. The van der Waals surface area contributed by atoms with Gasteiger partial charge in [-0.2, -0.15) is 0 Å². The van der Waals surface area contributed by atoms with Crippen molar-refractivity contribution < 1.29 is 19.1 Å². The summed E-state index contributed by atoms with van der Waals surface area (Å²) in [5.41, 5.74) is 6.57. The molecule has 3 heterocycles. The lowest BCUT2D eigenvalue weighted by Crippen LogP contribution is -2.44. The van der Waals surface area contributed by atoms with Crippen molar-refractivity contribution in [3.63, 3.8) is 0 Å². The number of amides is 1. The minimum Gasteiger partial charge on any atom is -0.389 e. The zero-order valence-corrected chi connectivity index (χ0v) is 23.5. The van der Waals surface area contributed by atoms with Gasteiger partial charge in [-0.15, -0.1) is 0 Å². The maximum Gasteiger partial charge on any atom is 0.262 e. The van der Waals surface area contributed by atoms with E-state index in [2.05, 4.69) is 20.3 Å². The van der Waals surface area contributed by atoms with Gasteiger partial charge in [-0.3, -0.25) is 20.0 Å². The van der Waals surface area contributed by atoms with E-state index < -0.39 is 11.5 Å². The first-order chi connectivity index (χ1) is 19.1. The largest absolute Gasteiger partial charge is 0.389 e. The Hall–Kier alpha value is -3.50. The highest BCUT2D eigenvalue weighted by molar-refractivity contribution is 6.37. The molecule has 40 heavy (non-hydrogen) atoms. The number of rotatable bonds is 12. The highest BCUT2D eigenvalue weighted by Gasteiger charge is 2.31. The summed E-state index contributed by atoms with van der Waals surface area (Å²) < 4.78 is 14.5. The van der Waals surface area contributed by atoms with E-state index in [1.54, 1.807) is 6.20 Å². The number of piperidine rings is 1. The number of ketones is 1. The van der Waals surface area contributed by atoms with Crippen LogP contribution in [0.3, 0.4) is 0 Å². The topological polar surface area (TPSA) is 158 Å². The minimum atomic E-state index is -0.905. The van der Waals surface area contributed by atoms with E-state index in [-0.39, 0.29) is 17.9 Å². The number of aryl methyl sites for hydroxylation is 2. The standard InChI is InChI=1S/C22H26FN3O.C8H15N3O2/c1-3-17(27)8-6-4-5-7-9-22-24-14-21(26-22)18-12-16-11-10-15(2)25-20(16)13-19(18)23;9-6(7(10)12)5-8(13)1-3-11-4-2-8/h10-14H,3-9H2,1-2H3,(H,24,26);9,11,13H,1-5H2,(H2,10,12). The molecule has 0 unspecified atom stereocenters. The second-order valence-corrected chi connectivity index (χ2v) is 10.5. The van der Waals surface area contributed by atoms with Gasteiger partial charge in [-0.05, 0) is 57.8 Å². The van der Waals surface area contributed by atoms with Crippen molar-refractivity contribution in [2.24, 2.45) is 5.73 Å². The molecule has 0 radical (unpaired) electrons. The van der Waals surface area contributed by atoms with Gasteiger partial charge >= 0.3 is 0 Å². The molecule has 0 spiro atoms. The molecule has 1 saturated heterocycles. The van der Waals surface area contributed by atoms with Crippen LogP contribution >= 0.6 is 0 Å². The van der Waals surface area contributed by atoms with Crippen molar-refractivity contribution in [2.45, 2.75) is 83.7 Å². The first-order valence-electron chi connectivity index (χ1n) is 14.0. The van der Waals surface area contributed by atoms with Gasteiger partial charge in [0.15, 0.2) is 0 Å². The van der Waals surface area contributed by atoms with Gasteiger partial charge in [-0.25, -0.2) is 9.37 Å². The SMILES string of the molecule is CCC(=O)CCCCCCc1ncc(-c2cc3ccc(C)nc3cc2F)[nH]1.N=C(CC1(O)CCNCC1)C(N)=O. The number of pyridine rings is 1. The van der Waals surface area contributed by atoms with Crippen LogP contribution in [-0.2, 0) is 16.0 Å². The van der Waals surface area contributed by atoms with Crippen molar-refractivity contribution in [1.29, 1.82) is 5.41 Å². The Labute approximate surface area is 234 Å². The zero-order valence-electron chi connectivity index (χ0n) is 23.5. The molecule has 6 N–H and O–H groups in total. The smallest absolute Gasteiger partial charge is 0.262 e. The van der Waals surface area contributed by atoms with Crippen molar-refractivity contribution in [3.8, 4) is 11.3 Å². The number of fused-ring (bicyclic) bond motifs is 1. The number of aliphatic hydroxyl groups is 1. The number of halogens is 1. The van der Waals surface area contributed by atoms with Crippen LogP contribution in [0.15, 0.2) is 30.5 Å². The van der Waals surface area contributed by atoms with Crippen molar-refractivity contribution >= 4 is 28.3 Å². The fourth-order valence-electron chi connectivity index (χ4n) is 4.71. The predicted molar refractivity (Wildman–Crippen MR) is 155 cm³/mol. The summed E-state index contributed by atoms with van der Waals surface area (Å²) in [7, 11) is 0. The molecular weight excluding hydrogens is 511 g/mol. The van der Waals surface area contributed by atoms with E-state index in [1.807, 2.05) is 32.0 Å². The number of nitrogens with one attached hydrogen (secondary N) is 3. The van der Waals surface area contributed by atoms with E-state index in [0.717, 1.165) is 62.1 Å². The lowest BCUT2D eigenvalue weighted by molar-refractivity contribution is -0.118. The molecule has 0 aliphatic carbocycles. The van der Waals surface area contributed by atoms with Crippen LogP contribution in [-0.4, -0.2) is 56.2 Å². The summed E-state index contributed by atoms with van der Waals surface area (Å²) >= 11 is 0. The van der Waals surface area contributed by atoms with Crippen molar-refractivity contribution in [1.82, 2.24) is 20.3 Å². The molecule has 9 nitrogen and oxygen atoms in total. The molecule has 4 rings (SSSR count). The number of imidazole rings is 1. The number of hydrogen-bond donors (Lipinski definition) is 5. The molecule has 3 aromatic rings. The van der Waals surface area contributed by atoms with Crippen LogP contribution in [0.4, 0.5) is 4.39 Å². The van der Waals surface area contributed by atoms with E-state index in [9.17, 15) is 19.1 Å². The van der Waals surface area contributed by atoms with Crippen LogP contribution in [0.25, 0.3) is 22.2 Å². The first kappa shape index (κ1) is 31.0. The summed E-state index contributed by atoms with van der Waals surface area (Å²) in [5.74, 6) is 0.174. The summed E-state index contributed by atoms with van der Waals surface area (Å²) in [4.78, 5) is 33.9. The number of Topliss-reactive ketones (excluding diaryl/α,β-unsaturated/α-hetero) is 1. The Balaban J connectivity index is 0.000000285. The predicted octanol–water partition coefficient (Wildman–Crippen LogP) is 4.54. The third-order valence-electron chi connectivity index (χ3n) is 7.19. The zero-order chi connectivity index (χ0) is 29.1. The monoisotopic (exact) mass is 552 g/mol. The summed E-state index contributed by atoms with van der Waals surface area (Å²) in [6.07, 6.45) is 9.18. The number of nitrogens with two attached hydrogens (primary N) is 1. The molecule has 0 saturated carbocycles. The van der Waals surface area contributed by atoms with E-state index in [1.165, 1.54) is 6.07 Å². The molecule has 10 heteroatoms. The Morgan fingerprint density at radius 1 is 1.15 bits per heavy atom. The van der Waals surface area contributed by atoms with Gasteiger partial charge in [0.1, 0.15) is 17.4 Å². The van der Waals surface area contributed by atoms with Crippen LogP contribution in [0.1, 0.15) is 76.2 Å². The number of aromatic amines is 1.